The Kier molecular flexibility index (Phi) is 7.85. The maximum absolute atomic E-state index is 13.0. The molecule has 174 valence electrons. The first-order chi connectivity index (χ1) is 15.7. The molecule has 1 aromatic heterocycles. The van der Waals surface area contributed by atoms with E-state index in [0.29, 0.717) is 12.0 Å². The lowest BCUT2D eigenvalue weighted by molar-refractivity contribution is 0.0697. The monoisotopic (exact) mass is 446 g/mol. The number of hydrogen-bond donors (Lipinski definition) is 2. The summed E-state index contributed by atoms with van der Waals surface area (Å²) in [6.45, 7) is 8.71. The Balaban J connectivity index is 1.87. The molecule has 5 heteroatoms. The molecule has 0 aliphatic heterocycles. The zero-order chi connectivity index (χ0) is 24.0. The predicted octanol–water partition coefficient (Wildman–Crippen LogP) is 6.05. The van der Waals surface area contributed by atoms with Crippen molar-refractivity contribution < 1.29 is 9.90 Å². The quantitative estimate of drug-likeness (QED) is 0.419. The molecule has 3 aromatic rings. The molecule has 5 nitrogen and oxygen atoms in total. The average molecular weight is 447 g/mol. The molecule has 3 rings (SSSR count). The van der Waals surface area contributed by atoms with Crippen LogP contribution in [0.5, 0.6) is 0 Å². The van der Waals surface area contributed by atoms with Gasteiger partial charge in [0.05, 0.1) is 11.3 Å². The Morgan fingerprint density at radius 2 is 1.73 bits per heavy atom. The maximum atomic E-state index is 13.0. The van der Waals surface area contributed by atoms with E-state index >= 15 is 0 Å². The zero-order valence-electron chi connectivity index (χ0n) is 20.1. The van der Waals surface area contributed by atoms with Crippen LogP contribution < -0.4 is 5.56 Å². The first kappa shape index (κ1) is 24.4. The second-order valence-electron chi connectivity index (χ2n) is 9.83. The molecule has 0 fully saturated rings. The van der Waals surface area contributed by atoms with Gasteiger partial charge in [0.15, 0.2) is 0 Å². The molecule has 0 bridgehead atoms. The highest BCUT2D eigenvalue weighted by molar-refractivity contribution is 5.95. The Morgan fingerprint density at radius 3 is 2.36 bits per heavy atom. The summed E-state index contributed by atoms with van der Waals surface area (Å²) in [6.07, 6.45) is 5.05. The summed E-state index contributed by atoms with van der Waals surface area (Å²) in [5.41, 5.74) is 4.54. The molecule has 0 unspecified atom stereocenters. The highest BCUT2D eigenvalue weighted by Crippen LogP contribution is 2.25. The van der Waals surface area contributed by atoms with Gasteiger partial charge in [0.2, 0.25) is 0 Å². The van der Waals surface area contributed by atoms with Crippen LogP contribution in [0.4, 0.5) is 0 Å². The van der Waals surface area contributed by atoms with Crippen molar-refractivity contribution in [2.24, 2.45) is 5.41 Å². The van der Waals surface area contributed by atoms with Gasteiger partial charge >= 0.3 is 5.97 Å². The number of unbranched alkanes of at least 4 members (excludes halogenated alkanes) is 1. The summed E-state index contributed by atoms with van der Waals surface area (Å²) in [7, 11) is 0. The molecule has 0 aliphatic carbocycles. The van der Waals surface area contributed by atoms with Crippen LogP contribution in [0, 0.1) is 5.41 Å². The number of hydrogen-bond acceptors (Lipinski definition) is 3. The van der Waals surface area contributed by atoms with E-state index < -0.39 is 5.97 Å². The highest BCUT2D eigenvalue weighted by atomic mass is 16.4. The Bertz CT molecular complexity index is 1150. The SMILES string of the molecule is CCCCc1nc(CCC(C)(C)C)[nH]c(=O)c1Cc1ccc(-c2ccccc2C(=O)O)cc1. The number of carbonyl (C=O) groups is 1. The van der Waals surface area contributed by atoms with Crippen LogP contribution in [0.3, 0.4) is 0 Å². The molecular weight excluding hydrogens is 412 g/mol. The number of aryl methyl sites for hydroxylation is 2. The smallest absolute Gasteiger partial charge is 0.336 e. The van der Waals surface area contributed by atoms with E-state index in [0.717, 1.165) is 60.3 Å². The van der Waals surface area contributed by atoms with Gasteiger partial charge in [-0.25, -0.2) is 9.78 Å². The molecule has 0 radical (unpaired) electrons. The second kappa shape index (κ2) is 10.6. The summed E-state index contributed by atoms with van der Waals surface area (Å²) in [4.78, 5) is 32.4. The minimum absolute atomic E-state index is 0.0553. The number of aromatic amines is 1. The third kappa shape index (κ3) is 6.64. The molecule has 33 heavy (non-hydrogen) atoms. The highest BCUT2D eigenvalue weighted by Gasteiger charge is 2.16. The summed E-state index contributed by atoms with van der Waals surface area (Å²) < 4.78 is 0. The fourth-order valence-corrected chi connectivity index (χ4v) is 3.87. The predicted molar refractivity (Wildman–Crippen MR) is 133 cm³/mol. The maximum Gasteiger partial charge on any atom is 0.336 e. The van der Waals surface area contributed by atoms with E-state index in [9.17, 15) is 14.7 Å². The van der Waals surface area contributed by atoms with Crippen LogP contribution in [0.25, 0.3) is 11.1 Å². The summed E-state index contributed by atoms with van der Waals surface area (Å²) in [6, 6.07) is 14.7. The number of aromatic nitrogens is 2. The Labute approximate surface area is 195 Å². The van der Waals surface area contributed by atoms with E-state index in [4.69, 9.17) is 4.98 Å². The van der Waals surface area contributed by atoms with E-state index in [2.05, 4.69) is 32.7 Å². The molecule has 0 atom stereocenters. The van der Waals surface area contributed by atoms with Crippen molar-refractivity contribution in [1.82, 2.24) is 9.97 Å². The minimum Gasteiger partial charge on any atom is -0.478 e. The summed E-state index contributed by atoms with van der Waals surface area (Å²) >= 11 is 0. The lowest BCUT2D eigenvalue weighted by atomic mass is 9.90. The standard InChI is InChI=1S/C28H34N2O3/c1-5-6-11-24-23(26(31)30-25(29-24)16-17-28(2,3)4)18-19-12-14-20(15-13-19)21-9-7-8-10-22(21)27(32)33/h7-10,12-15H,5-6,11,16-18H2,1-4H3,(H,32,33)(H,29,30,31). The Hall–Kier alpha value is -3.21. The molecule has 2 N–H and O–H groups in total. The molecule has 2 aromatic carbocycles. The van der Waals surface area contributed by atoms with E-state index in [1.54, 1.807) is 12.1 Å². The number of carboxylic acid groups (broad SMARTS) is 1. The number of aromatic carboxylic acids is 1. The van der Waals surface area contributed by atoms with Gasteiger partial charge in [0.25, 0.3) is 5.56 Å². The number of benzene rings is 2. The van der Waals surface area contributed by atoms with Crippen LogP contribution in [0.1, 0.15) is 80.0 Å². The van der Waals surface area contributed by atoms with Gasteiger partial charge in [0, 0.05) is 18.4 Å². The van der Waals surface area contributed by atoms with Gasteiger partial charge < -0.3 is 10.1 Å². The van der Waals surface area contributed by atoms with Crippen molar-refractivity contribution >= 4 is 5.97 Å². The largest absolute Gasteiger partial charge is 0.478 e. The fraction of sp³-hybridized carbons (Fsp3) is 0.393. The average Bonchev–Trinajstić information content (AvgIpc) is 2.78. The topological polar surface area (TPSA) is 83.0 Å². The van der Waals surface area contributed by atoms with Crippen molar-refractivity contribution in [3.8, 4) is 11.1 Å². The second-order valence-corrected chi connectivity index (χ2v) is 9.83. The van der Waals surface area contributed by atoms with Crippen molar-refractivity contribution in [2.45, 2.75) is 66.2 Å². The molecule has 0 spiro atoms. The van der Waals surface area contributed by atoms with Crippen molar-refractivity contribution in [3.63, 3.8) is 0 Å². The van der Waals surface area contributed by atoms with Crippen LogP contribution in [0.15, 0.2) is 53.3 Å². The third-order valence-corrected chi connectivity index (χ3v) is 5.83. The molecule has 0 saturated carbocycles. The van der Waals surface area contributed by atoms with Crippen LogP contribution in [-0.2, 0) is 19.3 Å². The summed E-state index contributed by atoms with van der Waals surface area (Å²) in [5.74, 6) is -0.176. The zero-order valence-corrected chi connectivity index (χ0v) is 20.1. The number of nitrogens with zero attached hydrogens (tertiary/aromatic N) is 1. The van der Waals surface area contributed by atoms with Crippen LogP contribution in [-0.4, -0.2) is 21.0 Å². The van der Waals surface area contributed by atoms with Gasteiger partial charge in [-0.3, -0.25) is 4.79 Å². The van der Waals surface area contributed by atoms with Gasteiger partial charge in [-0.15, -0.1) is 0 Å². The van der Waals surface area contributed by atoms with Crippen molar-refractivity contribution in [2.75, 3.05) is 0 Å². The minimum atomic E-state index is -0.945. The first-order valence-corrected chi connectivity index (χ1v) is 11.7. The molecule has 0 amide bonds. The normalized spacial score (nSPS) is 11.5. The number of rotatable bonds is 9. The van der Waals surface area contributed by atoms with Gasteiger partial charge in [-0.2, -0.15) is 0 Å². The van der Waals surface area contributed by atoms with E-state index in [-0.39, 0.29) is 16.5 Å². The summed E-state index contributed by atoms with van der Waals surface area (Å²) in [5, 5.41) is 9.47. The van der Waals surface area contributed by atoms with Crippen molar-refractivity contribution in [1.29, 1.82) is 0 Å². The molecule has 0 aliphatic rings. The Morgan fingerprint density at radius 1 is 1.03 bits per heavy atom. The van der Waals surface area contributed by atoms with E-state index in [1.165, 1.54) is 0 Å². The van der Waals surface area contributed by atoms with Gasteiger partial charge in [-0.1, -0.05) is 76.6 Å². The molecular formula is C28H34N2O3. The third-order valence-electron chi connectivity index (χ3n) is 5.83. The lowest BCUT2D eigenvalue weighted by Gasteiger charge is -2.18. The van der Waals surface area contributed by atoms with Crippen LogP contribution in [0.2, 0.25) is 0 Å². The molecule has 0 saturated heterocycles. The van der Waals surface area contributed by atoms with E-state index in [1.807, 2.05) is 36.4 Å². The number of H-pyrrole nitrogens is 1. The fourth-order valence-electron chi connectivity index (χ4n) is 3.87. The number of nitrogens with one attached hydrogen (secondary N) is 1. The lowest BCUT2D eigenvalue weighted by Crippen LogP contribution is -2.22. The van der Waals surface area contributed by atoms with Crippen molar-refractivity contribution in [3.05, 3.63) is 87.1 Å². The molecule has 1 heterocycles. The number of carboxylic acids is 1. The van der Waals surface area contributed by atoms with Gasteiger partial charge in [0.1, 0.15) is 5.82 Å². The van der Waals surface area contributed by atoms with Gasteiger partial charge in [-0.05, 0) is 47.4 Å². The van der Waals surface area contributed by atoms with Crippen LogP contribution >= 0.6 is 0 Å². The first-order valence-electron chi connectivity index (χ1n) is 11.7.